The SMILES string of the molecule is Cc1ccc(O)c(C)c1-c1cnc2[nH]c(-c3cnc(N4CC(C(=O)O)C4)nc3)cc2c1C#N. The molecule has 0 unspecified atom stereocenters. The van der Waals surface area contributed by atoms with Crippen molar-refractivity contribution in [2.45, 2.75) is 13.8 Å². The molecule has 1 aliphatic heterocycles. The van der Waals surface area contributed by atoms with E-state index in [-0.39, 0.29) is 11.7 Å². The van der Waals surface area contributed by atoms with Crippen molar-refractivity contribution < 1.29 is 15.0 Å². The van der Waals surface area contributed by atoms with Crippen LogP contribution in [0.3, 0.4) is 0 Å². The van der Waals surface area contributed by atoms with Crippen molar-refractivity contribution >= 4 is 23.0 Å². The van der Waals surface area contributed by atoms with Crippen LogP contribution in [0.25, 0.3) is 33.4 Å². The summed E-state index contributed by atoms with van der Waals surface area (Å²) in [5.74, 6) is -0.536. The maximum Gasteiger partial charge on any atom is 0.310 e. The van der Waals surface area contributed by atoms with E-state index < -0.39 is 5.97 Å². The van der Waals surface area contributed by atoms with Crippen LogP contribution in [0.2, 0.25) is 0 Å². The molecule has 0 radical (unpaired) electrons. The molecule has 0 aliphatic carbocycles. The first-order valence-corrected chi connectivity index (χ1v) is 10.4. The zero-order valence-corrected chi connectivity index (χ0v) is 18.0. The second-order valence-corrected chi connectivity index (χ2v) is 8.22. The minimum Gasteiger partial charge on any atom is -0.508 e. The van der Waals surface area contributed by atoms with Gasteiger partial charge in [0.15, 0.2) is 0 Å². The molecule has 0 atom stereocenters. The van der Waals surface area contributed by atoms with Crippen molar-refractivity contribution in [2.75, 3.05) is 18.0 Å². The number of carboxylic acids is 1. The van der Waals surface area contributed by atoms with E-state index in [1.165, 1.54) is 0 Å². The third-order valence-corrected chi connectivity index (χ3v) is 6.15. The van der Waals surface area contributed by atoms with Gasteiger partial charge in [0.1, 0.15) is 17.5 Å². The molecule has 1 saturated heterocycles. The highest BCUT2D eigenvalue weighted by molar-refractivity contribution is 5.94. The maximum atomic E-state index is 11.0. The summed E-state index contributed by atoms with van der Waals surface area (Å²) >= 11 is 0. The molecule has 0 saturated carbocycles. The van der Waals surface area contributed by atoms with Gasteiger partial charge in [-0.25, -0.2) is 15.0 Å². The van der Waals surface area contributed by atoms with Crippen LogP contribution in [0.15, 0.2) is 36.8 Å². The van der Waals surface area contributed by atoms with Crippen LogP contribution in [0, 0.1) is 31.1 Å². The number of hydrogen-bond donors (Lipinski definition) is 3. The van der Waals surface area contributed by atoms with Gasteiger partial charge in [-0.3, -0.25) is 4.79 Å². The number of nitriles is 1. The summed E-state index contributed by atoms with van der Waals surface area (Å²) in [4.78, 5) is 29.3. The number of rotatable bonds is 4. The number of carboxylic acid groups (broad SMARTS) is 1. The highest BCUT2D eigenvalue weighted by atomic mass is 16.4. The Labute approximate surface area is 189 Å². The van der Waals surface area contributed by atoms with Crippen LogP contribution in [-0.2, 0) is 4.79 Å². The lowest BCUT2D eigenvalue weighted by Gasteiger charge is -2.36. The third kappa shape index (κ3) is 3.32. The molecular weight excluding hydrogens is 420 g/mol. The zero-order valence-electron chi connectivity index (χ0n) is 18.0. The smallest absolute Gasteiger partial charge is 0.310 e. The number of anilines is 1. The quantitative estimate of drug-likeness (QED) is 0.439. The predicted molar refractivity (Wildman–Crippen MR) is 122 cm³/mol. The monoisotopic (exact) mass is 440 g/mol. The second-order valence-electron chi connectivity index (χ2n) is 8.22. The number of phenols is 1. The summed E-state index contributed by atoms with van der Waals surface area (Å²) in [6.07, 6.45) is 4.98. The van der Waals surface area contributed by atoms with E-state index >= 15 is 0 Å². The van der Waals surface area contributed by atoms with Crippen LogP contribution >= 0.6 is 0 Å². The van der Waals surface area contributed by atoms with E-state index in [4.69, 9.17) is 5.11 Å². The number of aryl methyl sites for hydroxylation is 1. The zero-order chi connectivity index (χ0) is 23.3. The van der Waals surface area contributed by atoms with Gasteiger partial charge >= 0.3 is 5.97 Å². The van der Waals surface area contributed by atoms with Crippen LogP contribution in [-0.4, -0.2) is 49.2 Å². The Bertz CT molecular complexity index is 1450. The lowest BCUT2D eigenvalue weighted by molar-refractivity contribution is -0.142. The minimum absolute atomic E-state index is 0.170. The van der Waals surface area contributed by atoms with E-state index in [1.807, 2.05) is 30.9 Å². The van der Waals surface area contributed by atoms with Gasteiger partial charge in [-0.05, 0) is 42.7 Å². The predicted octanol–water partition coefficient (Wildman–Crippen LogP) is 3.40. The van der Waals surface area contributed by atoms with Crippen molar-refractivity contribution in [3.05, 3.63) is 53.5 Å². The highest BCUT2D eigenvalue weighted by Crippen LogP contribution is 2.37. The molecule has 3 N–H and O–H groups in total. The van der Waals surface area contributed by atoms with E-state index in [0.29, 0.717) is 52.5 Å². The first-order chi connectivity index (χ1) is 15.9. The number of aliphatic carboxylic acids is 1. The number of H-pyrrole nitrogens is 1. The largest absolute Gasteiger partial charge is 0.508 e. The average molecular weight is 440 g/mol. The Hall–Kier alpha value is -4.45. The van der Waals surface area contributed by atoms with Crippen LogP contribution < -0.4 is 4.90 Å². The second kappa shape index (κ2) is 7.60. The lowest BCUT2D eigenvalue weighted by Crippen LogP contribution is -2.51. The number of hydrogen-bond acceptors (Lipinski definition) is 7. The number of aromatic hydroxyl groups is 1. The summed E-state index contributed by atoms with van der Waals surface area (Å²) in [6.45, 7) is 4.55. The standard InChI is InChI=1S/C24H20N6O3/c1-12-3-4-20(31)13(2)21(12)18-9-26-22-16(17(18)6-25)5-19(29-22)14-7-27-24(28-8-14)30-10-15(11-30)23(32)33/h3-5,7-9,15,31H,10-11H2,1-2H3,(H,26,29)(H,32,33). The number of aromatic amines is 1. The van der Waals surface area contributed by atoms with Gasteiger partial charge in [0.25, 0.3) is 0 Å². The molecule has 4 aromatic rings. The van der Waals surface area contributed by atoms with Crippen LogP contribution in [0.1, 0.15) is 16.7 Å². The fourth-order valence-electron chi connectivity index (χ4n) is 4.21. The lowest BCUT2D eigenvalue weighted by atomic mass is 9.92. The van der Waals surface area contributed by atoms with Gasteiger partial charge in [-0.1, -0.05) is 6.07 Å². The molecule has 164 valence electrons. The van der Waals surface area contributed by atoms with Gasteiger partial charge in [0, 0.05) is 48.2 Å². The van der Waals surface area contributed by atoms with Crippen molar-refractivity contribution in [1.82, 2.24) is 19.9 Å². The summed E-state index contributed by atoms with van der Waals surface area (Å²) in [5.41, 5.74) is 5.58. The number of phenolic OH excluding ortho intramolecular Hbond substituents is 1. The number of aromatic nitrogens is 4. The first kappa shape index (κ1) is 20.5. The Balaban J connectivity index is 1.52. The highest BCUT2D eigenvalue weighted by Gasteiger charge is 2.34. The molecule has 9 nitrogen and oxygen atoms in total. The Morgan fingerprint density at radius 2 is 1.91 bits per heavy atom. The Morgan fingerprint density at radius 3 is 2.58 bits per heavy atom. The number of benzene rings is 1. The Kier molecular flexibility index (Phi) is 4.71. The molecule has 0 spiro atoms. The van der Waals surface area contributed by atoms with Crippen molar-refractivity contribution in [1.29, 1.82) is 5.26 Å². The fourth-order valence-corrected chi connectivity index (χ4v) is 4.21. The van der Waals surface area contributed by atoms with Gasteiger partial charge in [0.2, 0.25) is 5.95 Å². The maximum absolute atomic E-state index is 11.0. The molecule has 3 aromatic heterocycles. The molecule has 0 amide bonds. The summed E-state index contributed by atoms with van der Waals surface area (Å²) in [5, 5.41) is 29.9. The first-order valence-electron chi connectivity index (χ1n) is 10.4. The number of nitrogens with one attached hydrogen (secondary N) is 1. The van der Waals surface area contributed by atoms with E-state index in [2.05, 4.69) is 26.0 Å². The number of nitrogens with zero attached hydrogens (tertiary/aromatic N) is 5. The molecule has 9 heteroatoms. The third-order valence-electron chi connectivity index (χ3n) is 6.15. The number of fused-ring (bicyclic) bond motifs is 1. The molecule has 1 fully saturated rings. The normalized spacial score (nSPS) is 13.7. The molecule has 0 bridgehead atoms. The van der Waals surface area contributed by atoms with Crippen LogP contribution in [0.5, 0.6) is 5.75 Å². The molecule has 1 aliphatic rings. The van der Waals surface area contributed by atoms with Crippen molar-refractivity contribution in [3.63, 3.8) is 0 Å². The summed E-state index contributed by atoms with van der Waals surface area (Å²) in [6, 6.07) is 7.61. The molecule has 4 heterocycles. The summed E-state index contributed by atoms with van der Waals surface area (Å²) in [7, 11) is 0. The van der Waals surface area contributed by atoms with Crippen LogP contribution in [0.4, 0.5) is 5.95 Å². The van der Waals surface area contributed by atoms with E-state index in [9.17, 15) is 15.2 Å². The van der Waals surface area contributed by atoms with Gasteiger partial charge in [-0.2, -0.15) is 5.26 Å². The van der Waals surface area contributed by atoms with Gasteiger partial charge in [-0.15, -0.1) is 0 Å². The molecular formula is C24H20N6O3. The van der Waals surface area contributed by atoms with Crippen molar-refractivity contribution in [2.24, 2.45) is 5.92 Å². The fraction of sp³-hybridized carbons (Fsp3) is 0.208. The van der Waals surface area contributed by atoms with E-state index in [1.54, 1.807) is 24.7 Å². The molecule has 33 heavy (non-hydrogen) atoms. The van der Waals surface area contributed by atoms with Crippen molar-refractivity contribution in [3.8, 4) is 34.2 Å². The average Bonchev–Trinajstić information content (AvgIpc) is 3.20. The number of carbonyl (C=O) groups is 1. The minimum atomic E-state index is -0.808. The topological polar surface area (TPSA) is 139 Å². The van der Waals surface area contributed by atoms with E-state index in [0.717, 1.165) is 16.7 Å². The Morgan fingerprint density at radius 1 is 1.18 bits per heavy atom. The molecule has 1 aromatic carbocycles. The van der Waals surface area contributed by atoms with Gasteiger partial charge in [0.05, 0.1) is 17.2 Å². The number of pyridine rings is 1. The van der Waals surface area contributed by atoms with Gasteiger partial charge < -0.3 is 20.1 Å². The summed E-state index contributed by atoms with van der Waals surface area (Å²) < 4.78 is 0. The molecule has 5 rings (SSSR count).